The van der Waals surface area contributed by atoms with E-state index in [2.05, 4.69) is 15.0 Å². The number of benzene rings is 1. The molecule has 0 bridgehead atoms. The monoisotopic (exact) mass is 407 g/mol. The molecule has 0 saturated carbocycles. The maximum Gasteiger partial charge on any atom is 0.346 e. The normalized spacial score (nSPS) is 18.8. The van der Waals surface area contributed by atoms with Crippen molar-refractivity contribution in [3.8, 4) is 5.82 Å². The maximum absolute atomic E-state index is 13.7. The number of hydrogen-bond donors (Lipinski definition) is 0. The summed E-state index contributed by atoms with van der Waals surface area (Å²) >= 11 is -1.48. The van der Waals surface area contributed by atoms with Crippen molar-refractivity contribution in [2.45, 2.75) is 24.5 Å². The largest absolute Gasteiger partial charge is 0.609 e. The number of rotatable bonds is 4. The van der Waals surface area contributed by atoms with E-state index in [1.165, 1.54) is 10.8 Å². The lowest BCUT2D eigenvalue weighted by atomic mass is 10.2. The van der Waals surface area contributed by atoms with Crippen LogP contribution in [0, 0.1) is 0 Å². The van der Waals surface area contributed by atoms with Crippen LogP contribution in [0.25, 0.3) is 16.9 Å². The van der Waals surface area contributed by atoms with Crippen LogP contribution in [0.1, 0.15) is 19.2 Å². The van der Waals surface area contributed by atoms with E-state index in [-0.39, 0.29) is 17.0 Å². The molecular weight excluding hydrogens is 388 g/mol. The smallest absolute Gasteiger partial charge is 0.346 e. The molecule has 0 radical (unpaired) electrons. The molecule has 0 N–H and O–H groups in total. The second-order valence-electron chi connectivity index (χ2n) is 6.53. The van der Waals surface area contributed by atoms with Crippen molar-refractivity contribution in [1.29, 1.82) is 0 Å². The molecule has 10 heteroatoms. The van der Waals surface area contributed by atoms with Crippen molar-refractivity contribution in [3.63, 3.8) is 0 Å². The number of nitrogens with zero attached hydrogens (tertiary/aromatic N) is 5. The Bertz CT molecular complexity index is 997. The number of anilines is 1. The molecule has 1 saturated heterocycles. The fraction of sp³-hybridized carbons (Fsp3) is 0.389. The molecule has 2 atom stereocenters. The highest BCUT2D eigenvalue weighted by Gasteiger charge is 2.26. The number of halogens is 2. The van der Waals surface area contributed by atoms with Crippen LogP contribution in [0.3, 0.4) is 0 Å². The maximum atomic E-state index is 13.7. The van der Waals surface area contributed by atoms with Crippen molar-refractivity contribution in [2.24, 2.45) is 0 Å². The van der Waals surface area contributed by atoms with Gasteiger partial charge in [0, 0.05) is 23.8 Å². The van der Waals surface area contributed by atoms with Crippen molar-refractivity contribution in [3.05, 3.63) is 36.2 Å². The average molecular weight is 407 g/mol. The summed E-state index contributed by atoms with van der Waals surface area (Å²) in [6.07, 6.45) is -1.32. The minimum Gasteiger partial charge on any atom is -0.609 e. The molecule has 2 aromatic heterocycles. The number of morpholine rings is 1. The summed E-state index contributed by atoms with van der Waals surface area (Å²) in [6.45, 7) is 3.64. The van der Waals surface area contributed by atoms with Gasteiger partial charge in [-0.1, -0.05) is 12.1 Å². The standard InChI is InChI=1S/C18H19F2N5O2S/c1-11-10-27-8-7-24(11)14-9-15(23-18(22-14)28(2)26)25-13-6-4-3-5-12(13)21-17(25)16(19)20/h3-6,9,11,16H,7-8,10H2,1-2H3/t11-,28?/m0/s1. The molecule has 0 aliphatic carbocycles. The number of ether oxygens (including phenoxy) is 1. The first-order chi connectivity index (χ1) is 13.5. The summed E-state index contributed by atoms with van der Waals surface area (Å²) < 4.78 is 46.3. The van der Waals surface area contributed by atoms with Crippen LogP contribution in [-0.2, 0) is 15.9 Å². The van der Waals surface area contributed by atoms with E-state index in [4.69, 9.17) is 4.74 Å². The highest BCUT2D eigenvalue weighted by Crippen LogP contribution is 2.29. The minimum atomic E-state index is -2.79. The third-order valence-electron chi connectivity index (χ3n) is 4.61. The molecule has 3 aromatic rings. The Hall–Kier alpha value is -2.30. The van der Waals surface area contributed by atoms with Crippen molar-refractivity contribution in [2.75, 3.05) is 30.9 Å². The van der Waals surface area contributed by atoms with E-state index in [1.807, 2.05) is 11.8 Å². The first kappa shape index (κ1) is 19.0. The Morgan fingerprint density at radius 1 is 1.21 bits per heavy atom. The summed E-state index contributed by atoms with van der Waals surface area (Å²) in [4.78, 5) is 14.8. The van der Waals surface area contributed by atoms with E-state index in [0.717, 1.165) is 0 Å². The Morgan fingerprint density at radius 3 is 2.68 bits per heavy atom. The van der Waals surface area contributed by atoms with E-state index in [1.54, 1.807) is 30.3 Å². The van der Waals surface area contributed by atoms with E-state index in [0.29, 0.717) is 36.6 Å². The Morgan fingerprint density at radius 2 is 1.96 bits per heavy atom. The minimum absolute atomic E-state index is 0.0451. The highest BCUT2D eigenvalue weighted by atomic mass is 32.2. The molecule has 148 valence electrons. The number of fused-ring (bicyclic) bond motifs is 1. The van der Waals surface area contributed by atoms with Gasteiger partial charge in [-0.05, 0) is 19.1 Å². The number of para-hydroxylation sites is 2. The van der Waals surface area contributed by atoms with E-state index in [9.17, 15) is 13.3 Å². The first-order valence-corrected chi connectivity index (χ1v) is 10.3. The quantitative estimate of drug-likeness (QED) is 0.489. The van der Waals surface area contributed by atoms with Gasteiger partial charge in [0.25, 0.3) is 6.43 Å². The zero-order valence-corrected chi connectivity index (χ0v) is 16.2. The van der Waals surface area contributed by atoms with Gasteiger partial charge in [-0.25, -0.2) is 13.8 Å². The fourth-order valence-corrected chi connectivity index (χ4v) is 3.73. The van der Waals surface area contributed by atoms with Crippen LogP contribution < -0.4 is 4.90 Å². The summed E-state index contributed by atoms with van der Waals surface area (Å²) in [5.74, 6) is 0.343. The topological polar surface area (TPSA) is 79.1 Å². The molecule has 7 nitrogen and oxygen atoms in total. The average Bonchev–Trinajstić information content (AvgIpc) is 3.08. The van der Waals surface area contributed by atoms with Crippen LogP contribution in [0.5, 0.6) is 0 Å². The number of aromatic nitrogens is 4. The molecule has 1 aromatic carbocycles. The van der Waals surface area contributed by atoms with E-state index < -0.39 is 23.4 Å². The van der Waals surface area contributed by atoms with Gasteiger partial charge in [0.1, 0.15) is 17.9 Å². The summed E-state index contributed by atoms with van der Waals surface area (Å²) in [5.41, 5.74) is 0.946. The van der Waals surface area contributed by atoms with Crippen molar-refractivity contribution in [1.82, 2.24) is 19.5 Å². The second kappa shape index (κ2) is 7.61. The molecule has 0 amide bonds. The molecule has 1 unspecified atom stereocenters. The number of alkyl halides is 2. The Balaban J connectivity index is 1.93. The van der Waals surface area contributed by atoms with Crippen LogP contribution in [0.15, 0.2) is 35.5 Å². The number of hydrogen-bond acceptors (Lipinski definition) is 6. The van der Waals surface area contributed by atoms with Gasteiger partial charge >= 0.3 is 5.16 Å². The van der Waals surface area contributed by atoms with Gasteiger partial charge in [0.2, 0.25) is 0 Å². The van der Waals surface area contributed by atoms with Crippen molar-refractivity contribution >= 4 is 28.0 Å². The van der Waals surface area contributed by atoms with Gasteiger partial charge < -0.3 is 14.2 Å². The third kappa shape index (κ3) is 3.43. The van der Waals surface area contributed by atoms with Gasteiger partial charge in [0.05, 0.1) is 30.3 Å². The highest BCUT2D eigenvalue weighted by molar-refractivity contribution is 7.90. The van der Waals surface area contributed by atoms with Crippen molar-refractivity contribution < 1.29 is 18.1 Å². The van der Waals surface area contributed by atoms with Gasteiger partial charge in [-0.15, -0.1) is 0 Å². The van der Waals surface area contributed by atoms with Crippen LogP contribution in [-0.4, -0.2) is 56.1 Å². The van der Waals surface area contributed by atoms with Gasteiger partial charge in [0.15, 0.2) is 5.82 Å². The zero-order valence-electron chi connectivity index (χ0n) is 15.4. The van der Waals surface area contributed by atoms with Gasteiger partial charge in [-0.3, -0.25) is 4.57 Å². The Labute approximate surface area is 163 Å². The first-order valence-electron chi connectivity index (χ1n) is 8.78. The molecule has 1 fully saturated rings. The Kier molecular flexibility index (Phi) is 5.17. The summed E-state index contributed by atoms with van der Waals surface area (Å²) in [7, 11) is 0. The molecule has 28 heavy (non-hydrogen) atoms. The molecule has 3 heterocycles. The lowest BCUT2D eigenvalue weighted by molar-refractivity contribution is 0.0984. The molecular formula is C18H19F2N5O2S. The van der Waals surface area contributed by atoms with Crippen LogP contribution in [0.2, 0.25) is 0 Å². The molecule has 0 spiro atoms. The third-order valence-corrected chi connectivity index (χ3v) is 5.31. The fourth-order valence-electron chi connectivity index (χ4n) is 3.29. The van der Waals surface area contributed by atoms with Crippen LogP contribution in [0.4, 0.5) is 14.6 Å². The SMILES string of the molecule is C[C@H]1COCCN1c1cc(-n2c(C(F)F)nc3ccccc32)nc([S+](C)[O-])n1. The van der Waals surface area contributed by atoms with E-state index >= 15 is 0 Å². The van der Waals surface area contributed by atoms with Crippen LogP contribution >= 0.6 is 0 Å². The predicted molar refractivity (Wildman–Crippen MR) is 102 cm³/mol. The summed E-state index contributed by atoms with van der Waals surface area (Å²) in [6, 6.07) is 8.55. The number of imidazole rings is 1. The lowest BCUT2D eigenvalue weighted by Crippen LogP contribution is -2.44. The van der Waals surface area contributed by atoms with Gasteiger partial charge in [-0.2, -0.15) is 9.97 Å². The molecule has 4 rings (SSSR count). The molecule has 1 aliphatic rings. The predicted octanol–water partition coefficient (Wildman–Crippen LogP) is 2.72. The lowest BCUT2D eigenvalue weighted by Gasteiger charge is -2.34. The summed E-state index contributed by atoms with van der Waals surface area (Å²) in [5, 5.41) is 0.0872. The zero-order chi connectivity index (χ0) is 19.8. The molecule has 1 aliphatic heterocycles. The second-order valence-corrected chi connectivity index (χ2v) is 7.81.